The molecule has 0 radical (unpaired) electrons. The molecule has 1 aromatic heterocycles. The van der Waals surface area contributed by atoms with Crippen LogP contribution in [-0.4, -0.2) is 34.7 Å². The number of rotatable bonds is 4. The van der Waals surface area contributed by atoms with Crippen molar-refractivity contribution in [3.8, 4) is 11.3 Å². The molecule has 8 nitrogen and oxygen atoms in total. The van der Waals surface area contributed by atoms with Gasteiger partial charge in [-0.1, -0.05) is 35.9 Å². The number of benzene rings is 2. The summed E-state index contributed by atoms with van der Waals surface area (Å²) < 4.78 is 6.28. The molecule has 2 aromatic carbocycles. The fourth-order valence-corrected chi connectivity index (χ4v) is 3.65. The summed E-state index contributed by atoms with van der Waals surface area (Å²) in [4.78, 5) is 37.5. The molecule has 0 bridgehead atoms. The lowest BCUT2D eigenvalue weighted by molar-refractivity contribution is -0.125. The van der Waals surface area contributed by atoms with E-state index in [1.165, 1.54) is 11.8 Å². The van der Waals surface area contributed by atoms with Crippen LogP contribution in [0, 0.1) is 6.92 Å². The number of halogens is 1. The minimum absolute atomic E-state index is 0.0829. The molecule has 0 saturated carbocycles. The van der Waals surface area contributed by atoms with Crippen LogP contribution in [0.1, 0.15) is 28.4 Å². The van der Waals surface area contributed by atoms with Crippen LogP contribution < -0.4 is 10.6 Å². The van der Waals surface area contributed by atoms with Gasteiger partial charge in [-0.25, -0.2) is 9.48 Å². The molecule has 0 fully saturated rings. The summed E-state index contributed by atoms with van der Waals surface area (Å²) in [5, 5.41) is 10.7. The summed E-state index contributed by atoms with van der Waals surface area (Å²) in [7, 11) is 1.27. The van der Waals surface area contributed by atoms with Crippen molar-refractivity contribution in [2.24, 2.45) is 0 Å². The van der Waals surface area contributed by atoms with E-state index >= 15 is 0 Å². The third-order valence-corrected chi connectivity index (χ3v) is 5.34. The van der Waals surface area contributed by atoms with E-state index in [-0.39, 0.29) is 17.9 Å². The number of hydrogen-bond donors (Lipinski definition) is 2. The van der Waals surface area contributed by atoms with Crippen LogP contribution in [0.4, 0.5) is 11.5 Å². The van der Waals surface area contributed by atoms with E-state index < -0.39 is 17.9 Å². The summed E-state index contributed by atoms with van der Waals surface area (Å²) in [6, 6.07) is 12.8. The van der Waals surface area contributed by atoms with Crippen LogP contribution in [0.15, 0.2) is 48.5 Å². The van der Waals surface area contributed by atoms with Gasteiger partial charge in [0.1, 0.15) is 11.9 Å². The Labute approximate surface area is 183 Å². The standard InChI is InChI=1S/C22H19ClN4O4/c1-12-19(13-7-9-14(23)10-8-13)26-27-17(11-18(28)25-20(12)27)21(29)24-16-6-4-3-5-15(16)22(30)31-2/h3-10,17H,11H2,1-2H3,(H,24,29)(H,25,28)/t17-/m1/s1. The molecule has 2 amide bonds. The molecule has 1 aliphatic rings. The van der Waals surface area contributed by atoms with E-state index in [4.69, 9.17) is 16.3 Å². The molecular weight excluding hydrogens is 420 g/mol. The van der Waals surface area contributed by atoms with E-state index in [9.17, 15) is 14.4 Å². The number of carbonyl (C=O) groups excluding carboxylic acids is 3. The number of aromatic nitrogens is 2. The van der Waals surface area contributed by atoms with Gasteiger partial charge < -0.3 is 15.4 Å². The van der Waals surface area contributed by atoms with Crippen molar-refractivity contribution in [2.45, 2.75) is 19.4 Å². The first kappa shape index (κ1) is 20.6. The topological polar surface area (TPSA) is 102 Å². The number of esters is 1. The molecule has 0 aliphatic carbocycles. The number of nitrogens with one attached hydrogen (secondary N) is 2. The Hall–Kier alpha value is -3.65. The number of ether oxygens (including phenoxy) is 1. The summed E-state index contributed by atoms with van der Waals surface area (Å²) in [5.41, 5.74) is 2.71. The molecular formula is C22H19ClN4O4. The van der Waals surface area contributed by atoms with Crippen LogP contribution in [0.25, 0.3) is 11.3 Å². The van der Waals surface area contributed by atoms with E-state index in [0.717, 1.165) is 11.1 Å². The van der Waals surface area contributed by atoms with E-state index in [1.54, 1.807) is 36.4 Å². The lowest BCUT2D eigenvalue weighted by Gasteiger charge is -2.24. The Balaban J connectivity index is 1.69. The highest BCUT2D eigenvalue weighted by Gasteiger charge is 2.34. The quantitative estimate of drug-likeness (QED) is 0.603. The van der Waals surface area contributed by atoms with Crippen LogP contribution in [-0.2, 0) is 14.3 Å². The Bertz CT molecular complexity index is 1190. The van der Waals surface area contributed by atoms with Crippen molar-refractivity contribution < 1.29 is 19.1 Å². The maximum absolute atomic E-state index is 13.1. The zero-order valence-electron chi connectivity index (χ0n) is 16.8. The smallest absolute Gasteiger partial charge is 0.339 e. The monoisotopic (exact) mass is 438 g/mol. The first-order valence-corrected chi connectivity index (χ1v) is 9.90. The van der Waals surface area contributed by atoms with Gasteiger partial charge in [0.05, 0.1) is 30.5 Å². The Morgan fingerprint density at radius 1 is 1.19 bits per heavy atom. The van der Waals surface area contributed by atoms with Crippen molar-refractivity contribution in [2.75, 3.05) is 17.7 Å². The number of fused-ring (bicyclic) bond motifs is 1. The van der Waals surface area contributed by atoms with Crippen LogP contribution >= 0.6 is 11.6 Å². The molecule has 2 heterocycles. The third-order valence-electron chi connectivity index (χ3n) is 5.09. The van der Waals surface area contributed by atoms with Gasteiger partial charge in [-0.3, -0.25) is 9.59 Å². The molecule has 0 saturated heterocycles. The lowest BCUT2D eigenvalue weighted by Crippen LogP contribution is -2.36. The third kappa shape index (κ3) is 3.89. The van der Waals surface area contributed by atoms with Gasteiger partial charge in [-0.15, -0.1) is 0 Å². The van der Waals surface area contributed by atoms with Gasteiger partial charge in [0.2, 0.25) is 11.8 Å². The summed E-state index contributed by atoms with van der Waals surface area (Å²) in [5.74, 6) is -0.863. The highest BCUT2D eigenvalue weighted by atomic mass is 35.5. The lowest BCUT2D eigenvalue weighted by atomic mass is 10.1. The van der Waals surface area contributed by atoms with Crippen LogP contribution in [0.5, 0.6) is 0 Å². The minimum atomic E-state index is -0.880. The molecule has 0 unspecified atom stereocenters. The molecule has 31 heavy (non-hydrogen) atoms. The fraction of sp³-hybridized carbons (Fsp3) is 0.182. The van der Waals surface area contributed by atoms with Crippen molar-refractivity contribution in [1.82, 2.24) is 9.78 Å². The van der Waals surface area contributed by atoms with Crippen LogP contribution in [0.3, 0.4) is 0 Å². The summed E-state index contributed by atoms with van der Waals surface area (Å²) in [6.07, 6.45) is -0.0829. The van der Waals surface area contributed by atoms with Gasteiger partial charge in [0, 0.05) is 16.1 Å². The first-order chi connectivity index (χ1) is 14.9. The number of para-hydroxylation sites is 1. The number of anilines is 2. The van der Waals surface area contributed by atoms with Crippen LogP contribution in [0.2, 0.25) is 5.02 Å². The zero-order chi connectivity index (χ0) is 22.1. The molecule has 158 valence electrons. The van der Waals surface area contributed by atoms with E-state index in [1.807, 2.05) is 19.1 Å². The number of methoxy groups -OCH3 is 1. The number of nitrogens with zero attached hydrogens (tertiary/aromatic N) is 2. The molecule has 3 aromatic rings. The van der Waals surface area contributed by atoms with Crippen molar-refractivity contribution >= 4 is 40.9 Å². The second-order valence-electron chi connectivity index (χ2n) is 7.07. The summed E-state index contributed by atoms with van der Waals surface area (Å²) in [6.45, 7) is 1.83. The minimum Gasteiger partial charge on any atom is -0.465 e. The second-order valence-corrected chi connectivity index (χ2v) is 7.50. The van der Waals surface area contributed by atoms with Gasteiger partial charge in [0.15, 0.2) is 0 Å². The number of hydrogen-bond acceptors (Lipinski definition) is 5. The normalized spacial score (nSPS) is 15.1. The Morgan fingerprint density at radius 3 is 2.61 bits per heavy atom. The number of amides is 2. The maximum Gasteiger partial charge on any atom is 0.339 e. The van der Waals surface area contributed by atoms with Gasteiger partial charge >= 0.3 is 5.97 Å². The van der Waals surface area contributed by atoms with Crippen molar-refractivity contribution in [1.29, 1.82) is 0 Å². The maximum atomic E-state index is 13.1. The Kier molecular flexibility index (Phi) is 5.48. The first-order valence-electron chi connectivity index (χ1n) is 9.52. The summed E-state index contributed by atoms with van der Waals surface area (Å²) >= 11 is 5.98. The van der Waals surface area contributed by atoms with E-state index in [2.05, 4.69) is 15.7 Å². The highest BCUT2D eigenvalue weighted by Crippen LogP contribution is 2.35. The largest absolute Gasteiger partial charge is 0.465 e. The van der Waals surface area contributed by atoms with Gasteiger partial charge in [-0.05, 0) is 31.2 Å². The fourth-order valence-electron chi connectivity index (χ4n) is 3.52. The predicted octanol–water partition coefficient (Wildman–Crippen LogP) is 3.82. The van der Waals surface area contributed by atoms with Crippen molar-refractivity contribution in [3.05, 3.63) is 64.7 Å². The molecule has 9 heteroatoms. The SMILES string of the molecule is COC(=O)c1ccccc1NC(=O)[C@H]1CC(=O)Nc2c(C)c(-c3ccc(Cl)cc3)nn21. The molecule has 2 N–H and O–H groups in total. The second kappa shape index (κ2) is 8.23. The molecule has 0 spiro atoms. The average molecular weight is 439 g/mol. The van der Waals surface area contributed by atoms with E-state index in [0.29, 0.717) is 22.2 Å². The average Bonchev–Trinajstić information content (AvgIpc) is 3.10. The van der Waals surface area contributed by atoms with Gasteiger partial charge in [-0.2, -0.15) is 5.10 Å². The highest BCUT2D eigenvalue weighted by molar-refractivity contribution is 6.30. The molecule has 1 aliphatic heterocycles. The number of carbonyl (C=O) groups is 3. The molecule has 1 atom stereocenters. The zero-order valence-corrected chi connectivity index (χ0v) is 17.6. The Morgan fingerprint density at radius 2 is 1.90 bits per heavy atom. The van der Waals surface area contributed by atoms with Crippen molar-refractivity contribution in [3.63, 3.8) is 0 Å². The molecule has 4 rings (SSSR count). The predicted molar refractivity (Wildman–Crippen MR) is 116 cm³/mol. The van der Waals surface area contributed by atoms with Gasteiger partial charge in [0.25, 0.3) is 0 Å².